The summed E-state index contributed by atoms with van der Waals surface area (Å²) in [6, 6.07) is 16.7. The van der Waals surface area contributed by atoms with E-state index in [1.165, 1.54) is 17.0 Å². The summed E-state index contributed by atoms with van der Waals surface area (Å²) in [6.45, 7) is 0.634. The fraction of sp³-hybridized carbons (Fsp3) is 0.417. The van der Waals surface area contributed by atoms with Crippen LogP contribution in [0.2, 0.25) is 0 Å². The summed E-state index contributed by atoms with van der Waals surface area (Å²) < 4.78 is 32.6. The lowest BCUT2D eigenvalue weighted by atomic mass is 9.87. The minimum atomic E-state index is -3.60. The van der Waals surface area contributed by atoms with Gasteiger partial charge < -0.3 is 14.9 Å². The van der Waals surface area contributed by atoms with Gasteiger partial charge >= 0.3 is 0 Å². The van der Waals surface area contributed by atoms with E-state index in [9.17, 15) is 13.2 Å². The minimum Gasteiger partial charge on any atom is -0.497 e. The number of carbonyl (C=O) groups excluding carboxylic acids is 1. The number of oxime groups is 1. The Morgan fingerprint density at radius 3 is 2.48 bits per heavy atom. The SMILES string of the molecule is COc1ccc(S(=O)(=O)N2CCC3(CC2)CC(C(=O)NC2CC2c2ccccc2)=NO3)cc1. The van der Waals surface area contributed by atoms with Crippen LogP contribution in [-0.4, -0.2) is 56.2 Å². The molecule has 1 saturated carbocycles. The van der Waals surface area contributed by atoms with Crippen molar-refractivity contribution in [2.75, 3.05) is 20.2 Å². The number of carbonyl (C=O) groups is 1. The van der Waals surface area contributed by atoms with Crippen LogP contribution in [0, 0.1) is 0 Å². The zero-order chi connectivity index (χ0) is 23.1. The van der Waals surface area contributed by atoms with Gasteiger partial charge in [0.15, 0.2) is 0 Å². The molecule has 1 saturated heterocycles. The van der Waals surface area contributed by atoms with E-state index in [1.807, 2.05) is 18.2 Å². The van der Waals surface area contributed by atoms with Gasteiger partial charge in [-0.05, 0) is 36.2 Å². The summed E-state index contributed by atoms with van der Waals surface area (Å²) in [4.78, 5) is 18.7. The van der Waals surface area contributed by atoms with Gasteiger partial charge in [0, 0.05) is 44.3 Å². The smallest absolute Gasteiger partial charge is 0.269 e. The highest BCUT2D eigenvalue weighted by Crippen LogP contribution is 2.41. The maximum Gasteiger partial charge on any atom is 0.269 e. The maximum absolute atomic E-state index is 13.0. The van der Waals surface area contributed by atoms with E-state index >= 15 is 0 Å². The Kier molecular flexibility index (Phi) is 5.62. The molecular formula is C24H27N3O5S. The van der Waals surface area contributed by atoms with Gasteiger partial charge in [-0.3, -0.25) is 4.79 Å². The van der Waals surface area contributed by atoms with Gasteiger partial charge in [0.05, 0.1) is 12.0 Å². The lowest BCUT2D eigenvalue weighted by Gasteiger charge is -2.36. The lowest BCUT2D eigenvalue weighted by Crippen LogP contribution is -2.47. The Hall–Kier alpha value is -2.91. The third kappa shape index (κ3) is 4.35. The zero-order valence-corrected chi connectivity index (χ0v) is 19.3. The van der Waals surface area contributed by atoms with E-state index in [4.69, 9.17) is 9.57 Å². The molecule has 174 valence electrons. The molecule has 2 atom stereocenters. The average Bonchev–Trinajstić information content (AvgIpc) is 3.50. The average molecular weight is 470 g/mol. The number of sulfonamides is 1. The Labute approximate surface area is 193 Å². The predicted octanol–water partition coefficient (Wildman–Crippen LogP) is 2.67. The Morgan fingerprint density at radius 1 is 1.12 bits per heavy atom. The molecule has 2 aromatic carbocycles. The van der Waals surface area contributed by atoms with Gasteiger partial charge in [-0.15, -0.1) is 0 Å². The number of nitrogens with one attached hydrogen (secondary N) is 1. The van der Waals surface area contributed by atoms with Crippen LogP contribution in [-0.2, 0) is 19.7 Å². The highest BCUT2D eigenvalue weighted by Gasteiger charge is 2.47. The van der Waals surface area contributed by atoms with Crippen molar-refractivity contribution in [1.82, 2.24) is 9.62 Å². The first-order valence-corrected chi connectivity index (χ1v) is 12.6. The summed E-state index contributed by atoms with van der Waals surface area (Å²) in [5, 5.41) is 7.14. The van der Waals surface area contributed by atoms with E-state index < -0.39 is 15.6 Å². The molecule has 2 aliphatic heterocycles. The molecule has 0 radical (unpaired) electrons. The highest BCUT2D eigenvalue weighted by molar-refractivity contribution is 7.89. The highest BCUT2D eigenvalue weighted by atomic mass is 32.2. The Morgan fingerprint density at radius 2 is 1.82 bits per heavy atom. The van der Waals surface area contributed by atoms with Gasteiger partial charge in [-0.2, -0.15) is 4.31 Å². The molecule has 9 heteroatoms. The number of hydrogen-bond donors (Lipinski definition) is 1. The van der Waals surface area contributed by atoms with E-state index in [2.05, 4.69) is 22.6 Å². The third-order valence-electron chi connectivity index (χ3n) is 6.77. The maximum atomic E-state index is 13.0. The van der Waals surface area contributed by atoms with Crippen LogP contribution in [0.25, 0.3) is 0 Å². The molecule has 33 heavy (non-hydrogen) atoms. The summed E-state index contributed by atoms with van der Waals surface area (Å²) in [6.07, 6.45) is 2.29. The van der Waals surface area contributed by atoms with Crippen molar-refractivity contribution in [3.05, 3.63) is 60.2 Å². The first kappa shape index (κ1) is 21.9. The second-order valence-electron chi connectivity index (χ2n) is 8.90. The molecule has 3 aliphatic rings. The fourth-order valence-electron chi connectivity index (χ4n) is 4.62. The molecule has 2 fully saturated rings. The van der Waals surface area contributed by atoms with Crippen LogP contribution in [0.3, 0.4) is 0 Å². The molecule has 0 bridgehead atoms. The van der Waals surface area contributed by atoms with Crippen molar-refractivity contribution in [1.29, 1.82) is 0 Å². The van der Waals surface area contributed by atoms with Crippen LogP contribution < -0.4 is 10.1 Å². The zero-order valence-electron chi connectivity index (χ0n) is 18.4. The quantitative estimate of drug-likeness (QED) is 0.702. The van der Waals surface area contributed by atoms with Crippen molar-refractivity contribution in [3.63, 3.8) is 0 Å². The van der Waals surface area contributed by atoms with Gasteiger partial charge in [0.1, 0.15) is 17.1 Å². The van der Waals surface area contributed by atoms with Crippen LogP contribution in [0.4, 0.5) is 0 Å². The first-order chi connectivity index (χ1) is 15.9. The second kappa shape index (κ2) is 8.46. The van der Waals surface area contributed by atoms with Gasteiger partial charge in [0.2, 0.25) is 10.0 Å². The third-order valence-corrected chi connectivity index (χ3v) is 8.68. The van der Waals surface area contributed by atoms with Crippen molar-refractivity contribution >= 4 is 21.6 Å². The number of hydrogen-bond acceptors (Lipinski definition) is 6. The molecule has 1 N–H and O–H groups in total. The van der Waals surface area contributed by atoms with E-state index in [0.29, 0.717) is 49.7 Å². The number of amides is 1. The van der Waals surface area contributed by atoms with Gasteiger partial charge in [-0.1, -0.05) is 35.5 Å². The number of benzene rings is 2. The number of piperidine rings is 1. The van der Waals surface area contributed by atoms with Crippen LogP contribution in [0.5, 0.6) is 5.75 Å². The lowest BCUT2D eigenvalue weighted by molar-refractivity contribution is -0.115. The summed E-state index contributed by atoms with van der Waals surface area (Å²) in [5.41, 5.74) is 1.01. The number of methoxy groups -OCH3 is 1. The van der Waals surface area contributed by atoms with Gasteiger partial charge in [-0.25, -0.2) is 8.42 Å². The molecule has 2 heterocycles. The minimum absolute atomic E-state index is 0.121. The van der Waals surface area contributed by atoms with E-state index in [0.717, 1.165) is 6.42 Å². The predicted molar refractivity (Wildman–Crippen MR) is 123 cm³/mol. The first-order valence-electron chi connectivity index (χ1n) is 11.2. The summed E-state index contributed by atoms with van der Waals surface area (Å²) in [5.74, 6) is 0.761. The molecule has 2 aromatic rings. The largest absolute Gasteiger partial charge is 0.497 e. The van der Waals surface area contributed by atoms with E-state index in [1.54, 1.807) is 24.3 Å². The van der Waals surface area contributed by atoms with Crippen molar-refractivity contribution in [2.45, 2.75) is 48.1 Å². The number of ether oxygens (including phenoxy) is 1. The molecule has 1 aliphatic carbocycles. The molecule has 8 nitrogen and oxygen atoms in total. The van der Waals surface area contributed by atoms with Crippen LogP contribution in [0.1, 0.15) is 37.2 Å². The normalized spacial score (nSPS) is 24.1. The molecule has 1 amide bonds. The standard InChI is InChI=1S/C24H27N3O5S/c1-31-18-7-9-19(10-8-18)33(29,30)27-13-11-24(12-14-27)16-22(26-32-24)23(28)25-21-15-20(21)17-5-3-2-4-6-17/h2-10,20-21H,11-16H2,1H3,(H,25,28). The Balaban J connectivity index is 1.15. The number of nitrogens with zero attached hydrogens (tertiary/aromatic N) is 2. The molecule has 2 unspecified atom stereocenters. The van der Waals surface area contributed by atoms with Crippen molar-refractivity contribution in [3.8, 4) is 5.75 Å². The van der Waals surface area contributed by atoms with Gasteiger partial charge in [0.25, 0.3) is 5.91 Å². The topological polar surface area (TPSA) is 97.3 Å². The molecule has 0 aromatic heterocycles. The van der Waals surface area contributed by atoms with Crippen LogP contribution in [0.15, 0.2) is 64.6 Å². The second-order valence-corrected chi connectivity index (χ2v) is 10.8. The molecule has 1 spiro atoms. The summed E-state index contributed by atoms with van der Waals surface area (Å²) >= 11 is 0. The monoisotopic (exact) mass is 469 g/mol. The molecular weight excluding hydrogens is 442 g/mol. The van der Waals surface area contributed by atoms with Crippen LogP contribution >= 0.6 is 0 Å². The van der Waals surface area contributed by atoms with E-state index in [-0.39, 0.29) is 16.8 Å². The molecule has 5 rings (SSSR count). The van der Waals surface area contributed by atoms with Crippen molar-refractivity contribution in [2.24, 2.45) is 5.16 Å². The Bertz CT molecular complexity index is 1160. The fourth-order valence-corrected chi connectivity index (χ4v) is 6.06. The number of rotatable bonds is 6. The van der Waals surface area contributed by atoms with Crippen molar-refractivity contribution < 1.29 is 22.8 Å². The summed E-state index contributed by atoms with van der Waals surface area (Å²) in [7, 11) is -2.06.